The van der Waals surface area contributed by atoms with Crippen LogP contribution in [-0.2, 0) is 0 Å². The lowest BCUT2D eigenvalue weighted by Gasteiger charge is -2.14. The minimum Gasteiger partial charge on any atom is -0.348 e. The number of hydrogen-bond donors (Lipinski definition) is 1. The van der Waals surface area contributed by atoms with Gasteiger partial charge >= 0.3 is 0 Å². The van der Waals surface area contributed by atoms with Crippen LogP contribution in [0.4, 0.5) is 0 Å². The van der Waals surface area contributed by atoms with E-state index in [-0.39, 0.29) is 11.9 Å². The van der Waals surface area contributed by atoms with Crippen LogP contribution < -0.4 is 5.32 Å². The molecule has 1 amide bonds. The number of nitriles is 1. The molecule has 0 bridgehead atoms. The summed E-state index contributed by atoms with van der Waals surface area (Å²) in [5.74, 6) is -0.225. The van der Waals surface area contributed by atoms with Gasteiger partial charge in [0.05, 0.1) is 23.1 Å². The van der Waals surface area contributed by atoms with E-state index in [9.17, 15) is 4.79 Å². The summed E-state index contributed by atoms with van der Waals surface area (Å²) in [6, 6.07) is 7.22. The molecule has 0 aliphatic rings. The number of amides is 1. The Morgan fingerprint density at radius 2 is 2.29 bits per heavy atom. The predicted octanol–water partition coefficient (Wildman–Crippen LogP) is 3.07. The number of carbonyl (C=O) groups excluding carboxylic acids is 1. The molecule has 1 aromatic carbocycles. The highest BCUT2D eigenvalue weighted by Gasteiger charge is 2.14. The summed E-state index contributed by atoms with van der Waals surface area (Å²) in [4.78, 5) is 11.9. The van der Waals surface area contributed by atoms with Crippen molar-refractivity contribution in [1.29, 1.82) is 5.26 Å². The average Bonchev–Trinajstić information content (AvgIpc) is 2.28. The largest absolute Gasteiger partial charge is 0.348 e. The van der Waals surface area contributed by atoms with Crippen LogP contribution in [-0.4, -0.2) is 11.9 Å². The second-order valence-corrected chi connectivity index (χ2v) is 4.33. The van der Waals surface area contributed by atoms with E-state index in [1.807, 2.05) is 19.9 Å². The van der Waals surface area contributed by atoms with Crippen molar-refractivity contribution in [3.8, 4) is 6.07 Å². The van der Waals surface area contributed by atoms with E-state index in [1.165, 1.54) is 0 Å². The molecule has 0 spiro atoms. The van der Waals surface area contributed by atoms with Gasteiger partial charge in [-0.3, -0.25) is 4.79 Å². The normalized spacial score (nSPS) is 11.6. The Balaban J connectivity index is 2.79. The van der Waals surface area contributed by atoms with Gasteiger partial charge in [0.2, 0.25) is 0 Å². The third-order valence-corrected chi connectivity index (χ3v) is 2.85. The Morgan fingerprint density at radius 3 is 2.82 bits per heavy atom. The van der Waals surface area contributed by atoms with E-state index in [0.717, 1.165) is 12.0 Å². The first-order valence-corrected chi connectivity index (χ1v) is 5.90. The topological polar surface area (TPSA) is 52.9 Å². The zero-order valence-corrected chi connectivity index (χ0v) is 10.7. The molecule has 1 atom stereocenters. The molecule has 0 radical (unpaired) electrons. The van der Waals surface area contributed by atoms with Gasteiger partial charge in [-0.15, -0.1) is 0 Å². The fraction of sp³-hybridized carbons (Fsp3) is 0.385. The van der Waals surface area contributed by atoms with E-state index in [1.54, 1.807) is 12.1 Å². The first-order chi connectivity index (χ1) is 8.08. The van der Waals surface area contributed by atoms with E-state index in [0.29, 0.717) is 17.0 Å². The molecule has 0 aliphatic heterocycles. The number of hydrogen-bond acceptors (Lipinski definition) is 2. The third kappa shape index (κ3) is 3.76. The Hall–Kier alpha value is -1.53. The zero-order valence-electron chi connectivity index (χ0n) is 9.96. The maximum Gasteiger partial charge on any atom is 0.253 e. The quantitative estimate of drug-likeness (QED) is 0.893. The molecule has 3 nitrogen and oxygen atoms in total. The van der Waals surface area contributed by atoms with Crippen molar-refractivity contribution < 1.29 is 4.79 Å². The molecular formula is C13H15ClN2O. The van der Waals surface area contributed by atoms with E-state index < -0.39 is 0 Å². The van der Waals surface area contributed by atoms with Crippen molar-refractivity contribution in [3.05, 3.63) is 34.3 Å². The molecule has 4 heteroatoms. The molecule has 0 aliphatic carbocycles. The van der Waals surface area contributed by atoms with Gasteiger partial charge < -0.3 is 5.32 Å². The van der Waals surface area contributed by atoms with Gasteiger partial charge in [0.15, 0.2) is 0 Å². The number of nitrogens with one attached hydrogen (secondary N) is 1. The van der Waals surface area contributed by atoms with Crippen molar-refractivity contribution in [3.63, 3.8) is 0 Å². The first-order valence-electron chi connectivity index (χ1n) is 5.52. The highest BCUT2D eigenvalue weighted by Crippen LogP contribution is 2.17. The van der Waals surface area contributed by atoms with E-state index in [2.05, 4.69) is 11.4 Å². The number of aryl methyl sites for hydroxylation is 1. The first kappa shape index (κ1) is 13.5. The monoisotopic (exact) mass is 250 g/mol. The van der Waals surface area contributed by atoms with Gasteiger partial charge in [-0.2, -0.15) is 5.26 Å². The lowest BCUT2D eigenvalue weighted by Crippen LogP contribution is -2.34. The number of carbonyl (C=O) groups is 1. The van der Waals surface area contributed by atoms with Crippen molar-refractivity contribution in [2.24, 2.45) is 0 Å². The predicted molar refractivity (Wildman–Crippen MR) is 68.0 cm³/mol. The standard InChI is InChI=1S/C13H15ClN2O/c1-3-10(6-7-15)16-13(17)11-5-4-9(2)8-12(11)14/h4-5,8,10H,3,6H2,1-2H3,(H,16,17). The molecule has 90 valence electrons. The average molecular weight is 251 g/mol. The summed E-state index contributed by atoms with van der Waals surface area (Å²) in [6.45, 7) is 3.84. The lowest BCUT2D eigenvalue weighted by molar-refractivity contribution is 0.0937. The van der Waals surface area contributed by atoms with E-state index in [4.69, 9.17) is 16.9 Å². The molecule has 0 saturated heterocycles. The van der Waals surface area contributed by atoms with E-state index >= 15 is 0 Å². The Labute approximate surface area is 106 Å². The van der Waals surface area contributed by atoms with Gasteiger partial charge in [0.25, 0.3) is 5.91 Å². The fourth-order valence-electron chi connectivity index (χ4n) is 1.48. The Morgan fingerprint density at radius 1 is 1.59 bits per heavy atom. The SMILES string of the molecule is CCC(CC#N)NC(=O)c1ccc(C)cc1Cl. The van der Waals surface area contributed by atoms with Crippen LogP contribution in [0, 0.1) is 18.3 Å². The van der Waals surface area contributed by atoms with Gasteiger partial charge in [0, 0.05) is 6.04 Å². The van der Waals surface area contributed by atoms with Crippen molar-refractivity contribution in [2.45, 2.75) is 32.7 Å². The van der Waals surface area contributed by atoms with Crippen LogP contribution in [0.3, 0.4) is 0 Å². The second-order valence-electron chi connectivity index (χ2n) is 3.92. The third-order valence-electron chi connectivity index (χ3n) is 2.53. The fourth-order valence-corrected chi connectivity index (χ4v) is 1.80. The summed E-state index contributed by atoms with van der Waals surface area (Å²) in [7, 11) is 0. The summed E-state index contributed by atoms with van der Waals surface area (Å²) < 4.78 is 0. The molecule has 1 N–H and O–H groups in total. The minimum atomic E-state index is -0.225. The summed E-state index contributed by atoms with van der Waals surface area (Å²) in [5.41, 5.74) is 1.46. The number of rotatable bonds is 4. The summed E-state index contributed by atoms with van der Waals surface area (Å²) in [6.07, 6.45) is 1.04. The van der Waals surface area contributed by atoms with Crippen molar-refractivity contribution in [2.75, 3.05) is 0 Å². The van der Waals surface area contributed by atoms with Gasteiger partial charge in [-0.1, -0.05) is 24.6 Å². The van der Waals surface area contributed by atoms with Crippen LogP contribution in [0.5, 0.6) is 0 Å². The molecule has 0 aromatic heterocycles. The molecule has 0 saturated carbocycles. The summed E-state index contributed by atoms with van der Waals surface area (Å²) >= 11 is 6.00. The van der Waals surface area contributed by atoms with Crippen LogP contribution in [0.2, 0.25) is 5.02 Å². The number of benzene rings is 1. The second kappa shape index (κ2) is 6.27. The minimum absolute atomic E-state index is 0.120. The summed E-state index contributed by atoms with van der Waals surface area (Å²) in [5, 5.41) is 11.9. The molecular weight excluding hydrogens is 236 g/mol. The number of nitrogens with zero attached hydrogens (tertiary/aromatic N) is 1. The molecule has 1 unspecified atom stereocenters. The maximum absolute atomic E-state index is 11.9. The van der Waals surface area contributed by atoms with Crippen LogP contribution >= 0.6 is 11.6 Å². The maximum atomic E-state index is 11.9. The Kier molecular flexibility index (Phi) is 4.99. The lowest BCUT2D eigenvalue weighted by atomic mass is 10.1. The van der Waals surface area contributed by atoms with Gasteiger partial charge in [-0.25, -0.2) is 0 Å². The molecule has 17 heavy (non-hydrogen) atoms. The molecule has 0 fully saturated rings. The van der Waals surface area contributed by atoms with Crippen LogP contribution in [0.25, 0.3) is 0 Å². The molecule has 0 heterocycles. The van der Waals surface area contributed by atoms with Crippen LogP contribution in [0.1, 0.15) is 35.7 Å². The molecule has 1 rings (SSSR count). The van der Waals surface area contributed by atoms with Gasteiger partial charge in [-0.05, 0) is 31.0 Å². The number of halogens is 1. The zero-order chi connectivity index (χ0) is 12.8. The van der Waals surface area contributed by atoms with Crippen LogP contribution in [0.15, 0.2) is 18.2 Å². The van der Waals surface area contributed by atoms with Crippen molar-refractivity contribution in [1.82, 2.24) is 5.32 Å². The smallest absolute Gasteiger partial charge is 0.253 e. The highest BCUT2D eigenvalue weighted by molar-refractivity contribution is 6.33. The highest BCUT2D eigenvalue weighted by atomic mass is 35.5. The Bertz CT molecular complexity index is 451. The molecule has 1 aromatic rings. The van der Waals surface area contributed by atoms with Crippen molar-refractivity contribution >= 4 is 17.5 Å². The van der Waals surface area contributed by atoms with Gasteiger partial charge in [0.1, 0.15) is 0 Å².